The van der Waals surface area contributed by atoms with Gasteiger partial charge in [0.1, 0.15) is 0 Å². The molecule has 0 N–H and O–H groups in total. The molecule has 0 heteroatoms. The van der Waals surface area contributed by atoms with Gasteiger partial charge >= 0.3 is 0 Å². The van der Waals surface area contributed by atoms with Crippen molar-refractivity contribution in [3.8, 4) is 0 Å². The van der Waals surface area contributed by atoms with Gasteiger partial charge in [0.2, 0.25) is 0 Å². The highest BCUT2D eigenvalue weighted by Gasteiger charge is 1.95. The fourth-order valence-corrected chi connectivity index (χ4v) is 4.73. The molecule has 200 valence electrons. The van der Waals surface area contributed by atoms with Crippen molar-refractivity contribution in [2.45, 2.75) is 181 Å². The molecular weight excluding hydrogens is 408 g/mol. The zero-order valence-corrected chi connectivity index (χ0v) is 24.1. The highest BCUT2D eigenvalue weighted by atomic mass is 14.0. The summed E-state index contributed by atoms with van der Waals surface area (Å²) in [5.74, 6) is 0. The Balaban J connectivity index is 0.000000686. The van der Waals surface area contributed by atoms with Crippen LogP contribution in [0.1, 0.15) is 180 Å². The summed E-state index contributed by atoms with van der Waals surface area (Å²) in [6, 6.07) is 10.9. The van der Waals surface area contributed by atoms with E-state index >= 15 is 0 Å². The van der Waals surface area contributed by atoms with E-state index in [2.05, 4.69) is 51.1 Å². The van der Waals surface area contributed by atoms with Gasteiger partial charge in [-0.05, 0) is 18.4 Å². The summed E-state index contributed by atoms with van der Waals surface area (Å²) in [7, 11) is 0. The molecule has 1 aromatic rings. The Hall–Kier alpha value is -0.780. The van der Waals surface area contributed by atoms with E-state index in [1.165, 1.54) is 166 Å². The van der Waals surface area contributed by atoms with Crippen molar-refractivity contribution in [3.05, 3.63) is 35.9 Å². The third kappa shape index (κ3) is 27.5. The van der Waals surface area contributed by atoms with Crippen LogP contribution >= 0.6 is 0 Å². The van der Waals surface area contributed by atoms with Crippen molar-refractivity contribution >= 4 is 0 Å². The number of rotatable bonds is 24. The van der Waals surface area contributed by atoms with Crippen LogP contribution in [0, 0.1) is 0 Å². The maximum Gasteiger partial charge on any atom is -0.0279 e. The van der Waals surface area contributed by atoms with Crippen LogP contribution in [0.15, 0.2) is 30.3 Å². The smallest absolute Gasteiger partial charge is 0.0279 e. The van der Waals surface area contributed by atoms with Gasteiger partial charge < -0.3 is 0 Å². The van der Waals surface area contributed by atoms with Crippen molar-refractivity contribution in [2.75, 3.05) is 0 Å². The maximum absolute atomic E-state index is 2.29. The number of benzene rings is 1. The quantitative estimate of drug-likeness (QED) is 0.131. The third-order valence-corrected chi connectivity index (χ3v) is 7.12. The number of unbranched alkanes of at least 4 members (excludes halogenated alkanes) is 22. The molecule has 0 nitrogen and oxygen atoms in total. The van der Waals surface area contributed by atoms with E-state index in [4.69, 9.17) is 0 Å². The maximum atomic E-state index is 2.29. The lowest BCUT2D eigenvalue weighted by atomic mass is 10.0. The molecule has 0 spiro atoms. The van der Waals surface area contributed by atoms with Gasteiger partial charge in [-0.15, -0.1) is 0 Å². The Morgan fingerprint density at radius 1 is 0.324 bits per heavy atom. The van der Waals surface area contributed by atoms with Gasteiger partial charge in [0.25, 0.3) is 0 Å². The normalized spacial score (nSPS) is 10.8. The fourth-order valence-electron chi connectivity index (χ4n) is 4.73. The van der Waals surface area contributed by atoms with Gasteiger partial charge in [0, 0.05) is 0 Å². The summed E-state index contributed by atoms with van der Waals surface area (Å²) >= 11 is 0. The molecule has 0 unspecified atom stereocenters. The SMILES string of the molecule is CCCCCCCCCCCCCC.CCCCCCCCCCCCCCc1ccccc1. The topological polar surface area (TPSA) is 0 Å². The van der Waals surface area contributed by atoms with Gasteiger partial charge in [-0.2, -0.15) is 0 Å². The standard InChI is InChI=1S/C20H34.C14H30/c1-2-3-4-5-6-7-8-9-10-11-12-14-17-20-18-15-13-16-19-20;1-3-5-7-9-11-13-14-12-10-8-6-4-2/h13,15-16,18-19H,2-12,14,17H2,1H3;3-14H2,1-2H3. The van der Waals surface area contributed by atoms with Crippen molar-refractivity contribution < 1.29 is 0 Å². The lowest BCUT2D eigenvalue weighted by Gasteiger charge is -2.03. The summed E-state index contributed by atoms with van der Waals surface area (Å²) in [6.45, 7) is 6.86. The zero-order chi connectivity index (χ0) is 24.8. The number of aryl methyl sites for hydroxylation is 1. The minimum atomic E-state index is 1.26. The van der Waals surface area contributed by atoms with Crippen LogP contribution in [0.4, 0.5) is 0 Å². The second-order valence-electron chi connectivity index (χ2n) is 10.7. The van der Waals surface area contributed by atoms with Crippen molar-refractivity contribution in [1.82, 2.24) is 0 Å². The zero-order valence-electron chi connectivity index (χ0n) is 24.1. The van der Waals surface area contributed by atoms with Crippen LogP contribution in [0.3, 0.4) is 0 Å². The van der Waals surface area contributed by atoms with Gasteiger partial charge in [-0.3, -0.25) is 0 Å². The third-order valence-electron chi connectivity index (χ3n) is 7.12. The van der Waals surface area contributed by atoms with Crippen LogP contribution < -0.4 is 0 Å². The Kier molecular flexibility index (Phi) is 29.6. The second kappa shape index (κ2) is 30.3. The summed E-state index contributed by atoms with van der Waals surface area (Å²) < 4.78 is 0. The molecule has 34 heavy (non-hydrogen) atoms. The first kappa shape index (κ1) is 33.2. The highest BCUT2D eigenvalue weighted by molar-refractivity contribution is 5.14. The monoisotopic (exact) mass is 473 g/mol. The minimum Gasteiger partial charge on any atom is -0.0654 e. The second-order valence-corrected chi connectivity index (χ2v) is 10.7. The molecule has 0 amide bonds. The largest absolute Gasteiger partial charge is 0.0654 e. The molecule has 1 aromatic carbocycles. The molecule has 0 atom stereocenters. The number of hydrogen-bond acceptors (Lipinski definition) is 0. The molecule has 0 saturated carbocycles. The molecule has 0 saturated heterocycles. The lowest BCUT2D eigenvalue weighted by molar-refractivity contribution is 0.544. The Morgan fingerprint density at radius 3 is 0.882 bits per heavy atom. The van der Waals surface area contributed by atoms with E-state index in [9.17, 15) is 0 Å². The molecular formula is C34H64. The van der Waals surface area contributed by atoms with E-state index in [-0.39, 0.29) is 0 Å². The Bertz CT molecular complexity index is 436. The van der Waals surface area contributed by atoms with Gasteiger partial charge in [0.05, 0.1) is 0 Å². The average molecular weight is 473 g/mol. The predicted molar refractivity (Wildman–Crippen MR) is 158 cm³/mol. The summed E-state index contributed by atoms with van der Waals surface area (Å²) in [5.41, 5.74) is 1.50. The Labute approximate surface area is 217 Å². The molecule has 0 aliphatic heterocycles. The molecule has 0 aliphatic rings. The van der Waals surface area contributed by atoms with Gasteiger partial charge in [-0.1, -0.05) is 199 Å². The minimum absolute atomic E-state index is 1.26. The van der Waals surface area contributed by atoms with E-state index in [0.717, 1.165) is 0 Å². The molecule has 1 rings (SSSR count). The molecule has 0 heterocycles. The summed E-state index contributed by atoms with van der Waals surface area (Å²) in [5, 5.41) is 0. The summed E-state index contributed by atoms with van der Waals surface area (Å²) in [4.78, 5) is 0. The van der Waals surface area contributed by atoms with Gasteiger partial charge in [-0.25, -0.2) is 0 Å². The fraction of sp³-hybridized carbons (Fsp3) is 0.824. The van der Waals surface area contributed by atoms with Crippen LogP contribution in [0.25, 0.3) is 0 Å². The van der Waals surface area contributed by atoms with Crippen molar-refractivity contribution in [3.63, 3.8) is 0 Å². The van der Waals surface area contributed by atoms with E-state index in [1.807, 2.05) is 0 Å². The first-order valence-corrected chi connectivity index (χ1v) is 15.9. The van der Waals surface area contributed by atoms with E-state index in [1.54, 1.807) is 0 Å². The summed E-state index contributed by atoms with van der Waals surface area (Å²) in [6.07, 6.45) is 35.9. The molecule has 0 radical (unpaired) electrons. The average Bonchev–Trinajstić information content (AvgIpc) is 2.87. The van der Waals surface area contributed by atoms with Crippen LogP contribution in [-0.4, -0.2) is 0 Å². The first-order valence-electron chi connectivity index (χ1n) is 15.9. The predicted octanol–water partition coefficient (Wildman–Crippen LogP) is 12.6. The molecule has 0 fully saturated rings. The first-order chi connectivity index (χ1) is 16.8. The van der Waals surface area contributed by atoms with Crippen LogP contribution in [-0.2, 0) is 6.42 Å². The molecule has 0 aromatic heterocycles. The molecule has 0 bridgehead atoms. The van der Waals surface area contributed by atoms with Crippen LogP contribution in [0.5, 0.6) is 0 Å². The Morgan fingerprint density at radius 2 is 0.588 bits per heavy atom. The molecule has 0 aliphatic carbocycles. The van der Waals surface area contributed by atoms with Crippen LogP contribution in [0.2, 0.25) is 0 Å². The van der Waals surface area contributed by atoms with E-state index in [0.29, 0.717) is 0 Å². The van der Waals surface area contributed by atoms with Crippen molar-refractivity contribution in [1.29, 1.82) is 0 Å². The lowest BCUT2D eigenvalue weighted by Crippen LogP contribution is -1.86. The number of hydrogen-bond donors (Lipinski definition) is 0. The highest BCUT2D eigenvalue weighted by Crippen LogP contribution is 2.13. The van der Waals surface area contributed by atoms with Crippen molar-refractivity contribution in [2.24, 2.45) is 0 Å². The van der Waals surface area contributed by atoms with E-state index < -0.39 is 0 Å². The van der Waals surface area contributed by atoms with Gasteiger partial charge in [0.15, 0.2) is 0 Å².